The van der Waals surface area contributed by atoms with Crippen molar-refractivity contribution >= 4 is 0 Å². The number of allylic oxidation sites excluding steroid dienone is 1. The lowest BCUT2D eigenvalue weighted by molar-refractivity contribution is 0.149. The minimum Gasteiger partial charge on any atom is -0.314 e. The molecule has 1 aliphatic rings. The second-order valence-corrected chi connectivity index (χ2v) is 4.26. The minimum absolute atomic E-state index is 0.378. The Morgan fingerprint density at radius 2 is 2.38 bits per heavy atom. The number of alkyl halides is 1. The molecule has 0 aromatic rings. The van der Waals surface area contributed by atoms with Crippen molar-refractivity contribution in [2.75, 3.05) is 6.54 Å². The van der Waals surface area contributed by atoms with Crippen LogP contribution >= 0.6 is 0 Å². The maximum absolute atomic E-state index is 13.8. The van der Waals surface area contributed by atoms with E-state index >= 15 is 0 Å². The van der Waals surface area contributed by atoms with Crippen LogP contribution in [0.3, 0.4) is 0 Å². The van der Waals surface area contributed by atoms with Gasteiger partial charge in [0, 0.05) is 6.04 Å². The molecule has 1 nitrogen and oxygen atoms in total. The van der Waals surface area contributed by atoms with Gasteiger partial charge >= 0.3 is 0 Å². The average molecular weight is 185 g/mol. The molecular formula is C11H20FN. The predicted molar refractivity (Wildman–Crippen MR) is 54.6 cm³/mol. The number of rotatable bonds is 4. The van der Waals surface area contributed by atoms with Gasteiger partial charge in [-0.05, 0) is 39.2 Å². The molecule has 2 atom stereocenters. The van der Waals surface area contributed by atoms with E-state index in [-0.39, 0.29) is 0 Å². The fourth-order valence-corrected chi connectivity index (χ4v) is 2.00. The van der Waals surface area contributed by atoms with E-state index in [0.29, 0.717) is 18.9 Å². The smallest absolute Gasteiger partial charge is 0.113 e. The summed E-state index contributed by atoms with van der Waals surface area (Å²) in [7, 11) is 0. The van der Waals surface area contributed by atoms with Crippen LogP contribution in [0.1, 0.15) is 39.0 Å². The highest BCUT2D eigenvalue weighted by molar-refractivity contribution is 4.88. The molecule has 0 bridgehead atoms. The Morgan fingerprint density at radius 1 is 1.62 bits per heavy atom. The lowest BCUT2D eigenvalue weighted by atomic mass is 9.91. The summed E-state index contributed by atoms with van der Waals surface area (Å²) in [4.78, 5) is 0. The summed E-state index contributed by atoms with van der Waals surface area (Å²) in [6.45, 7) is 6.30. The van der Waals surface area contributed by atoms with Crippen LogP contribution in [-0.4, -0.2) is 18.3 Å². The maximum Gasteiger partial charge on any atom is 0.113 e. The van der Waals surface area contributed by atoms with E-state index < -0.39 is 5.67 Å². The van der Waals surface area contributed by atoms with Crippen LogP contribution in [0, 0.1) is 0 Å². The third-order valence-electron chi connectivity index (χ3n) is 2.65. The van der Waals surface area contributed by atoms with Crippen molar-refractivity contribution in [3.8, 4) is 0 Å². The Labute approximate surface area is 80.4 Å². The average Bonchev–Trinajstić information content (AvgIpc) is 2.04. The summed E-state index contributed by atoms with van der Waals surface area (Å²) in [5.41, 5.74) is -1.07. The van der Waals surface area contributed by atoms with E-state index in [1.54, 1.807) is 13.0 Å². The molecule has 0 spiro atoms. The summed E-state index contributed by atoms with van der Waals surface area (Å²) in [6, 6.07) is 0.378. The van der Waals surface area contributed by atoms with Gasteiger partial charge in [-0.3, -0.25) is 0 Å². The van der Waals surface area contributed by atoms with Gasteiger partial charge in [0.2, 0.25) is 0 Å². The van der Waals surface area contributed by atoms with Crippen molar-refractivity contribution < 1.29 is 4.39 Å². The quantitative estimate of drug-likeness (QED) is 0.664. The largest absolute Gasteiger partial charge is 0.314 e. The van der Waals surface area contributed by atoms with Gasteiger partial charge in [0.05, 0.1) is 0 Å². The van der Waals surface area contributed by atoms with Crippen molar-refractivity contribution in [1.82, 2.24) is 5.32 Å². The summed E-state index contributed by atoms with van der Waals surface area (Å²) in [5, 5.41) is 3.36. The number of hydrogen-bond donors (Lipinski definition) is 1. The van der Waals surface area contributed by atoms with E-state index in [9.17, 15) is 4.39 Å². The van der Waals surface area contributed by atoms with Crippen molar-refractivity contribution in [3.05, 3.63) is 12.7 Å². The van der Waals surface area contributed by atoms with Crippen molar-refractivity contribution in [2.24, 2.45) is 0 Å². The molecule has 0 radical (unpaired) electrons. The molecular weight excluding hydrogens is 165 g/mol. The number of nitrogens with one attached hydrogen (secondary N) is 1. The highest BCUT2D eigenvalue weighted by atomic mass is 19.1. The predicted octanol–water partition coefficient (Wildman–Crippen LogP) is 2.82. The first-order chi connectivity index (χ1) is 6.14. The van der Waals surface area contributed by atoms with Crippen molar-refractivity contribution in [1.29, 1.82) is 0 Å². The van der Waals surface area contributed by atoms with Gasteiger partial charge in [-0.2, -0.15) is 0 Å². The van der Waals surface area contributed by atoms with Gasteiger partial charge in [-0.15, -0.1) is 6.58 Å². The Morgan fingerprint density at radius 3 is 2.92 bits per heavy atom. The molecule has 1 rings (SSSR count). The van der Waals surface area contributed by atoms with Crippen LogP contribution in [-0.2, 0) is 0 Å². The van der Waals surface area contributed by atoms with Crippen LogP contribution in [0.15, 0.2) is 12.7 Å². The molecule has 2 unspecified atom stereocenters. The highest BCUT2D eigenvalue weighted by Crippen LogP contribution is 2.25. The second kappa shape index (κ2) is 4.75. The molecule has 0 saturated carbocycles. The Balaban J connectivity index is 2.32. The highest BCUT2D eigenvalue weighted by Gasteiger charge is 2.26. The number of hydrogen-bond acceptors (Lipinski definition) is 1. The molecule has 0 aromatic carbocycles. The lowest BCUT2D eigenvalue weighted by Crippen LogP contribution is -2.39. The third kappa shape index (κ3) is 3.90. The summed E-state index contributed by atoms with van der Waals surface area (Å²) in [6.07, 6.45) is 6.35. The first-order valence-corrected chi connectivity index (χ1v) is 5.17. The van der Waals surface area contributed by atoms with Crippen LogP contribution in [0.5, 0.6) is 0 Å². The Hall–Kier alpha value is -0.370. The van der Waals surface area contributed by atoms with Gasteiger partial charge < -0.3 is 5.32 Å². The zero-order valence-corrected chi connectivity index (χ0v) is 8.48. The number of halogens is 1. The molecule has 0 aromatic heterocycles. The lowest BCUT2D eigenvalue weighted by Gasteiger charge is -2.29. The fourth-order valence-electron chi connectivity index (χ4n) is 2.00. The van der Waals surface area contributed by atoms with Gasteiger partial charge in [-0.1, -0.05) is 12.5 Å². The molecule has 1 saturated heterocycles. The van der Waals surface area contributed by atoms with E-state index in [2.05, 4.69) is 11.9 Å². The first-order valence-electron chi connectivity index (χ1n) is 5.17. The topological polar surface area (TPSA) is 12.0 Å². The van der Waals surface area contributed by atoms with Crippen molar-refractivity contribution in [2.45, 2.75) is 50.7 Å². The zero-order valence-electron chi connectivity index (χ0n) is 8.48. The first kappa shape index (κ1) is 10.7. The maximum atomic E-state index is 13.8. The van der Waals surface area contributed by atoms with Crippen LogP contribution < -0.4 is 5.32 Å². The van der Waals surface area contributed by atoms with Gasteiger partial charge in [0.15, 0.2) is 0 Å². The molecule has 2 heteroatoms. The SMILES string of the molecule is C=CCC(C)(F)CC1CCCCN1. The normalized spacial score (nSPS) is 28.0. The second-order valence-electron chi connectivity index (χ2n) is 4.26. The van der Waals surface area contributed by atoms with E-state index in [4.69, 9.17) is 0 Å². The zero-order chi connectivity index (χ0) is 9.73. The van der Waals surface area contributed by atoms with Gasteiger partial charge in [-0.25, -0.2) is 4.39 Å². The summed E-state index contributed by atoms with van der Waals surface area (Å²) >= 11 is 0. The molecule has 13 heavy (non-hydrogen) atoms. The van der Waals surface area contributed by atoms with E-state index in [0.717, 1.165) is 13.0 Å². The van der Waals surface area contributed by atoms with Gasteiger partial charge in [0.1, 0.15) is 5.67 Å². The Kier molecular flexibility index (Phi) is 3.91. The monoisotopic (exact) mass is 185 g/mol. The Bertz CT molecular complexity index is 159. The van der Waals surface area contributed by atoms with Crippen LogP contribution in [0.2, 0.25) is 0 Å². The summed E-state index contributed by atoms with van der Waals surface area (Å²) < 4.78 is 13.8. The van der Waals surface area contributed by atoms with E-state index in [1.807, 2.05) is 0 Å². The summed E-state index contributed by atoms with van der Waals surface area (Å²) in [5.74, 6) is 0. The van der Waals surface area contributed by atoms with Gasteiger partial charge in [0.25, 0.3) is 0 Å². The molecule has 0 aliphatic carbocycles. The van der Waals surface area contributed by atoms with Crippen LogP contribution in [0.25, 0.3) is 0 Å². The van der Waals surface area contributed by atoms with Crippen LogP contribution in [0.4, 0.5) is 4.39 Å². The standard InChI is InChI=1S/C11H20FN/c1-3-7-11(2,12)9-10-6-4-5-8-13-10/h3,10,13H,1,4-9H2,2H3. The molecule has 1 aliphatic heterocycles. The fraction of sp³-hybridized carbons (Fsp3) is 0.818. The molecule has 1 fully saturated rings. The molecule has 1 N–H and O–H groups in total. The third-order valence-corrected chi connectivity index (χ3v) is 2.65. The minimum atomic E-state index is -1.07. The van der Waals surface area contributed by atoms with E-state index in [1.165, 1.54) is 12.8 Å². The molecule has 76 valence electrons. The number of piperidine rings is 1. The van der Waals surface area contributed by atoms with Crippen molar-refractivity contribution in [3.63, 3.8) is 0 Å². The molecule has 1 heterocycles. The molecule has 0 amide bonds.